The molecule has 2 heterocycles. The van der Waals surface area contributed by atoms with Crippen LogP contribution in [0.4, 0.5) is 0 Å². The number of rotatable bonds is 5. The molecule has 1 saturated heterocycles. The van der Waals surface area contributed by atoms with Gasteiger partial charge in [-0.05, 0) is 43.9 Å². The quantitative estimate of drug-likeness (QED) is 0.872. The van der Waals surface area contributed by atoms with Crippen LogP contribution in [0.15, 0.2) is 30.5 Å². The van der Waals surface area contributed by atoms with E-state index in [1.54, 1.807) is 18.2 Å². The van der Waals surface area contributed by atoms with E-state index in [0.29, 0.717) is 25.0 Å². The molecule has 6 heteroatoms. The summed E-state index contributed by atoms with van der Waals surface area (Å²) in [5.41, 5.74) is 2.43. The van der Waals surface area contributed by atoms with Crippen LogP contribution >= 0.6 is 0 Å². The van der Waals surface area contributed by atoms with E-state index >= 15 is 0 Å². The number of aromatic nitrogens is 1. The SMILES string of the molecule is CC1CN(S(=O)(=O)C(C)C)CCC1NCc1cccc2[nH]ccc12. The Morgan fingerprint density at radius 2 is 2.12 bits per heavy atom. The number of nitrogens with zero attached hydrogens (tertiary/aromatic N) is 1. The number of nitrogens with one attached hydrogen (secondary N) is 2. The maximum atomic E-state index is 12.3. The smallest absolute Gasteiger partial charge is 0.216 e. The predicted molar refractivity (Wildman–Crippen MR) is 98.3 cm³/mol. The molecule has 1 aliphatic rings. The molecule has 2 unspecified atom stereocenters. The molecule has 0 aliphatic carbocycles. The molecule has 0 saturated carbocycles. The summed E-state index contributed by atoms with van der Waals surface area (Å²) in [7, 11) is -3.14. The van der Waals surface area contributed by atoms with Gasteiger partial charge in [-0.2, -0.15) is 0 Å². The molecule has 2 N–H and O–H groups in total. The van der Waals surface area contributed by atoms with E-state index in [0.717, 1.165) is 18.5 Å². The minimum Gasteiger partial charge on any atom is -0.361 e. The first-order chi connectivity index (χ1) is 11.4. The summed E-state index contributed by atoms with van der Waals surface area (Å²) in [5, 5.41) is 4.54. The van der Waals surface area contributed by atoms with Crippen LogP contribution in [0.3, 0.4) is 0 Å². The monoisotopic (exact) mass is 349 g/mol. The zero-order valence-corrected chi connectivity index (χ0v) is 15.4. The van der Waals surface area contributed by atoms with Gasteiger partial charge < -0.3 is 10.3 Å². The van der Waals surface area contributed by atoms with Crippen molar-refractivity contribution in [3.05, 3.63) is 36.0 Å². The summed E-state index contributed by atoms with van der Waals surface area (Å²) in [4.78, 5) is 3.24. The molecule has 1 fully saturated rings. The van der Waals surface area contributed by atoms with Gasteiger partial charge in [-0.25, -0.2) is 12.7 Å². The highest BCUT2D eigenvalue weighted by Crippen LogP contribution is 2.23. The maximum absolute atomic E-state index is 12.3. The molecule has 3 rings (SSSR count). The van der Waals surface area contributed by atoms with Crippen LogP contribution in [0, 0.1) is 5.92 Å². The van der Waals surface area contributed by atoms with E-state index in [2.05, 4.69) is 41.5 Å². The predicted octanol–water partition coefficient (Wildman–Crippen LogP) is 2.71. The van der Waals surface area contributed by atoms with Gasteiger partial charge in [0.1, 0.15) is 0 Å². The Kier molecular flexibility index (Phi) is 4.99. The average molecular weight is 350 g/mol. The topological polar surface area (TPSA) is 65.2 Å². The number of sulfonamides is 1. The lowest BCUT2D eigenvalue weighted by Crippen LogP contribution is -2.51. The molecule has 132 valence electrons. The van der Waals surface area contributed by atoms with Gasteiger partial charge in [-0.3, -0.25) is 0 Å². The molecule has 0 bridgehead atoms. The molecule has 1 aromatic heterocycles. The molecule has 5 nitrogen and oxygen atoms in total. The number of hydrogen-bond donors (Lipinski definition) is 2. The van der Waals surface area contributed by atoms with Gasteiger partial charge in [0.25, 0.3) is 0 Å². The Hall–Kier alpha value is -1.37. The van der Waals surface area contributed by atoms with Crippen molar-refractivity contribution in [2.45, 2.75) is 45.0 Å². The van der Waals surface area contributed by atoms with Crippen molar-refractivity contribution in [3.63, 3.8) is 0 Å². The highest BCUT2D eigenvalue weighted by molar-refractivity contribution is 7.89. The molecule has 1 aliphatic heterocycles. The van der Waals surface area contributed by atoms with Crippen molar-refractivity contribution in [1.82, 2.24) is 14.6 Å². The van der Waals surface area contributed by atoms with Gasteiger partial charge in [0, 0.05) is 42.8 Å². The minimum atomic E-state index is -3.14. The molecule has 0 amide bonds. The Balaban J connectivity index is 1.63. The van der Waals surface area contributed by atoms with E-state index in [9.17, 15) is 8.42 Å². The average Bonchev–Trinajstić information content (AvgIpc) is 3.02. The molecule has 2 aromatic rings. The Bertz CT molecular complexity index is 797. The van der Waals surface area contributed by atoms with E-state index < -0.39 is 10.0 Å². The first kappa shape index (κ1) is 17.5. The molecular formula is C18H27N3O2S. The zero-order valence-electron chi connectivity index (χ0n) is 14.6. The number of benzene rings is 1. The number of piperidine rings is 1. The number of aromatic amines is 1. The number of H-pyrrole nitrogens is 1. The van der Waals surface area contributed by atoms with Crippen LogP contribution in [-0.4, -0.2) is 42.1 Å². The maximum Gasteiger partial charge on any atom is 0.216 e. The Labute approximate surface area is 144 Å². The van der Waals surface area contributed by atoms with Crippen molar-refractivity contribution in [1.29, 1.82) is 0 Å². The van der Waals surface area contributed by atoms with Crippen molar-refractivity contribution < 1.29 is 8.42 Å². The Morgan fingerprint density at radius 3 is 2.83 bits per heavy atom. The summed E-state index contributed by atoms with van der Waals surface area (Å²) < 4.78 is 26.3. The van der Waals surface area contributed by atoms with Crippen LogP contribution in [-0.2, 0) is 16.6 Å². The number of hydrogen-bond acceptors (Lipinski definition) is 3. The Morgan fingerprint density at radius 1 is 1.33 bits per heavy atom. The standard InChI is InChI=1S/C18H27N3O2S/c1-13(2)24(22,23)21-10-8-17(14(3)12-21)20-11-15-5-4-6-18-16(15)7-9-19-18/h4-7,9,13-14,17,19-20H,8,10-12H2,1-3H3. The molecule has 2 atom stereocenters. The fourth-order valence-corrected chi connectivity index (χ4v) is 4.88. The summed E-state index contributed by atoms with van der Waals surface area (Å²) in [6, 6.07) is 8.74. The zero-order chi connectivity index (χ0) is 17.3. The van der Waals surface area contributed by atoms with Crippen LogP contribution in [0.5, 0.6) is 0 Å². The summed E-state index contributed by atoms with van der Waals surface area (Å²) >= 11 is 0. The first-order valence-electron chi connectivity index (χ1n) is 8.67. The van der Waals surface area contributed by atoms with Crippen LogP contribution in [0.25, 0.3) is 10.9 Å². The lowest BCUT2D eigenvalue weighted by atomic mass is 9.95. The third-order valence-corrected chi connectivity index (χ3v) is 7.31. The lowest BCUT2D eigenvalue weighted by molar-refractivity contribution is 0.218. The first-order valence-corrected chi connectivity index (χ1v) is 10.2. The second-order valence-electron chi connectivity index (χ2n) is 7.06. The van der Waals surface area contributed by atoms with Gasteiger partial charge in [-0.1, -0.05) is 19.1 Å². The summed E-state index contributed by atoms with van der Waals surface area (Å²) in [5.74, 6) is 0.303. The highest BCUT2D eigenvalue weighted by atomic mass is 32.2. The fraction of sp³-hybridized carbons (Fsp3) is 0.556. The van der Waals surface area contributed by atoms with Crippen molar-refractivity contribution in [2.24, 2.45) is 5.92 Å². The molecular weight excluding hydrogens is 322 g/mol. The van der Waals surface area contributed by atoms with Crippen molar-refractivity contribution >= 4 is 20.9 Å². The second kappa shape index (κ2) is 6.86. The third kappa shape index (κ3) is 3.36. The minimum absolute atomic E-state index is 0.303. The van der Waals surface area contributed by atoms with Gasteiger partial charge >= 0.3 is 0 Å². The van der Waals surface area contributed by atoms with E-state index in [1.807, 2.05) is 6.20 Å². The highest BCUT2D eigenvalue weighted by Gasteiger charge is 2.33. The molecule has 0 spiro atoms. The van der Waals surface area contributed by atoms with Gasteiger partial charge in [0.15, 0.2) is 0 Å². The fourth-order valence-electron chi connectivity index (χ4n) is 3.49. The van der Waals surface area contributed by atoms with Crippen LogP contribution in [0.1, 0.15) is 32.8 Å². The largest absolute Gasteiger partial charge is 0.361 e. The number of fused-ring (bicyclic) bond motifs is 1. The van der Waals surface area contributed by atoms with Crippen molar-refractivity contribution in [3.8, 4) is 0 Å². The lowest BCUT2D eigenvalue weighted by Gasteiger charge is -2.37. The molecule has 1 aromatic carbocycles. The van der Waals surface area contributed by atoms with Crippen LogP contribution in [0.2, 0.25) is 0 Å². The van der Waals surface area contributed by atoms with Gasteiger partial charge in [0.05, 0.1) is 5.25 Å². The van der Waals surface area contributed by atoms with E-state index in [4.69, 9.17) is 0 Å². The van der Waals surface area contributed by atoms with Crippen LogP contribution < -0.4 is 5.32 Å². The van der Waals surface area contributed by atoms with E-state index in [-0.39, 0.29) is 5.25 Å². The normalized spacial score (nSPS) is 23.2. The summed E-state index contributed by atoms with van der Waals surface area (Å²) in [6.07, 6.45) is 2.82. The van der Waals surface area contributed by atoms with E-state index in [1.165, 1.54) is 10.9 Å². The summed E-state index contributed by atoms with van der Waals surface area (Å²) in [6.45, 7) is 7.66. The third-order valence-electron chi connectivity index (χ3n) is 5.06. The van der Waals surface area contributed by atoms with Gasteiger partial charge in [-0.15, -0.1) is 0 Å². The molecule has 24 heavy (non-hydrogen) atoms. The molecule has 0 radical (unpaired) electrons. The van der Waals surface area contributed by atoms with Gasteiger partial charge in [0.2, 0.25) is 10.0 Å². The second-order valence-corrected chi connectivity index (χ2v) is 9.55. The van der Waals surface area contributed by atoms with Crippen molar-refractivity contribution in [2.75, 3.05) is 13.1 Å².